The molecule has 0 heterocycles. The molecule has 2 rings (SSSR count). The highest BCUT2D eigenvalue weighted by Gasteiger charge is 2.29. The summed E-state index contributed by atoms with van der Waals surface area (Å²) in [6.45, 7) is 1.40. The molecule has 0 spiro atoms. The number of likely N-dealkylation sites (N-methyl/N-ethyl adjacent to an activating group) is 1. The molecule has 0 bridgehead atoms. The molecule has 0 radical (unpaired) electrons. The lowest BCUT2D eigenvalue weighted by Gasteiger charge is -2.18. The highest BCUT2D eigenvalue weighted by Crippen LogP contribution is 2.30. The maximum atomic E-state index is 11.9. The van der Waals surface area contributed by atoms with Crippen molar-refractivity contribution < 1.29 is 24.2 Å². The molecular weight excluding hydrogens is 300 g/mol. The lowest BCUT2D eigenvalue weighted by atomic mass is 10.3. The van der Waals surface area contributed by atoms with Crippen LogP contribution in [0.15, 0.2) is 24.3 Å². The van der Waals surface area contributed by atoms with Crippen LogP contribution in [0.3, 0.4) is 0 Å². The lowest BCUT2D eigenvalue weighted by molar-refractivity contribution is -0.145. The number of hydrogen-bond acceptors (Lipinski definition) is 4. The van der Waals surface area contributed by atoms with Crippen molar-refractivity contribution >= 4 is 23.5 Å². The molecule has 124 valence electrons. The first-order valence-electron chi connectivity index (χ1n) is 7.53. The van der Waals surface area contributed by atoms with Gasteiger partial charge in [0, 0.05) is 24.2 Å². The molecule has 1 aliphatic rings. The molecule has 2 amide bonds. The number of nitrogens with one attached hydrogen (secondary N) is 1. The van der Waals surface area contributed by atoms with Crippen molar-refractivity contribution in [2.45, 2.75) is 19.8 Å². The molecule has 0 saturated heterocycles. The molecule has 1 aliphatic carbocycles. The second-order valence-corrected chi connectivity index (χ2v) is 5.38. The van der Waals surface area contributed by atoms with Crippen molar-refractivity contribution in [1.29, 1.82) is 0 Å². The smallest absolute Gasteiger partial charge is 0.323 e. The topological polar surface area (TPSA) is 95.9 Å². The van der Waals surface area contributed by atoms with E-state index in [1.165, 1.54) is 4.90 Å². The van der Waals surface area contributed by atoms with Crippen molar-refractivity contribution in [2.75, 3.05) is 25.0 Å². The van der Waals surface area contributed by atoms with Crippen LogP contribution in [0.25, 0.3) is 0 Å². The summed E-state index contributed by atoms with van der Waals surface area (Å²) >= 11 is 0. The fourth-order valence-electron chi connectivity index (χ4n) is 2.03. The molecule has 1 aromatic rings. The van der Waals surface area contributed by atoms with Crippen LogP contribution < -0.4 is 10.1 Å². The molecule has 0 atom stereocenters. The van der Waals surface area contributed by atoms with Gasteiger partial charge in [-0.15, -0.1) is 0 Å². The van der Waals surface area contributed by atoms with Crippen LogP contribution in [0.1, 0.15) is 19.8 Å². The maximum absolute atomic E-state index is 11.9. The molecular formula is C16H20N2O5. The van der Waals surface area contributed by atoms with Crippen LogP contribution in [0.2, 0.25) is 0 Å². The third-order valence-corrected chi connectivity index (χ3v) is 3.47. The van der Waals surface area contributed by atoms with E-state index >= 15 is 0 Å². The number of carbonyl (C=O) groups is 3. The van der Waals surface area contributed by atoms with E-state index in [-0.39, 0.29) is 25.0 Å². The van der Waals surface area contributed by atoms with E-state index in [1.807, 2.05) is 0 Å². The van der Waals surface area contributed by atoms with Crippen molar-refractivity contribution in [3.05, 3.63) is 24.3 Å². The SMILES string of the molecule is CCN(CC(=O)O)C(=O)COc1cccc(NC(=O)C2CC2)c1. The minimum atomic E-state index is -1.06. The summed E-state index contributed by atoms with van der Waals surface area (Å²) in [5, 5.41) is 11.5. The number of benzene rings is 1. The number of carbonyl (C=O) groups excluding carboxylic acids is 2. The highest BCUT2D eigenvalue weighted by atomic mass is 16.5. The van der Waals surface area contributed by atoms with Gasteiger partial charge in [0.2, 0.25) is 5.91 Å². The number of hydrogen-bond donors (Lipinski definition) is 2. The standard InChI is InChI=1S/C16H20N2O5/c1-2-18(9-15(20)21)14(19)10-23-13-5-3-4-12(8-13)17-16(22)11-6-7-11/h3-5,8,11H,2,6-7,9-10H2,1H3,(H,17,22)(H,20,21). The number of ether oxygens (including phenoxy) is 1. The van der Waals surface area contributed by atoms with Crippen molar-refractivity contribution in [1.82, 2.24) is 4.90 Å². The van der Waals surface area contributed by atoms with Gasteiger partial charge in [-0.1, -0.05) is 6.07 Å². The zero-order chi connectivity index (χ0) is 16.8. The van der Waals surface area contributed by atoms with Gasteiger partial charge in [-0.25, -0.2) is 0 Å². The fraction of sp³-hybridized carbons (Fsp3) is 0.438. The number of nitrogens with zero attached hydrogens (tertiary/aromatic N) is 1. The minimum Gasteiger partial charge on any atom is -0.484 e. The van der Waals surface area contributed by atoms with E-state index in [1.54, 1.807) is 31.2 Å². The molecule has 0 aliphatic heterocycles. The quantitative estimate of drug-likeness (QED) is 0.754. The van der Waals surface area contributed by atoms with Gasteiger partial charge in [0.1, 0.15) is 12.3 Å². The molecule has 1 fully saturated rings. The Kier molecular flexibility index (Phi) is 5.56. The minimum absolute atomic E-state index is 0.00292. The van der Waals surface area contributed by atoms with Crippen LogP contribution in [0.4, 0.5) is 5.69 Å². The molecule has 1 aromatic carbocycles. The van der Waals surface area contributed by atoms with Gasteiger partial charge in [-0.3, -0.25) is 14.4 Å². The van der Waals surface area contributed by atoms with Crippen LogP contribution in [-0.4, -0.2) is 47.5 Å². The number of carboxylic acid groups (broad SMARTS) is 1. The normalized spacial score (nSPS) is 13.3. The fourth-order valence-corrected chi connectivity index (χ4v) is 2.03. The van der Waals surface area contributed by atoms with Gasteiger partial charge in [-0.2, -0.15) is 0 Å². The zero-order valence-electron chi connectivity index (χ0n) is 12.9. The van der Waals surface area contributed by atoms with E-state index in [2.05, 4.69) is 5.32 Å². The average molecular weight is 320 g/mol. The number of amides is 2. The Morgan fingerprint density at radius 3 is 2.70 bits per heavy atom. The van der Waals surface area contributed by atoms with Crippen LogP contribution >= 0.6 is 0 Å². The molecule has 1 saturated carbocycles. The maximum Gasteiger partial charge on any atom is 0.323 e. The first-order valence-corrected chi connectivity index (χ1v) is 7.53. The molecule has 2 N–H and O–H groups in total. The summed E-state index contributed by atoms with van der Waals surface area (Å²) in [4.78, 5) is 35.5. The third kappa shape index (κ3) is 5.28. The van der Waals surface area contributed by atoms with E-state index in [4.69, 9.17) is 9.84 Å². The Bertz CT molecular complexity index is 598. The molecule has 7 heteroatoms. The lowest BCUT2D eigenvalue weighted by Crippen LogP contribution is -2.38. The summed E-state index contributed by atoms with van der Waals surface area (Å²) in [6.07, 6.45) is 1.85. The first kappa shape index (κ1) is 16.8. The Morgan fingerprint density at radius 1 is 1.35 bits per heavy atom. The summed E-state index contributed by atoms with van der Waals surface area (Å²) in [6, 6.07) is 6.78. The number of rotatable bonds is 8. The van der Waals surface area contributed by atoms with Crippen molar-refractivity contribution in [2.24, 2.45) is 5.92 Å². The third-order valence-electron chi connectivity index (χ3n) is 3.47. The largest absolute Gasteiger partial charge is 0.484 e. The highest BCUT2D eigenvalue weighted by molar-refractivity contribution is 5.94. The van der Waals surface area contributed by atoms with Gasteiger partial charge in [0.15, 0.2) is 6.61 Å². The average Bonchev–Trinajstić information content (AvgIpc) is 3.35. The van der Waals surface area contributed by atoms with Crippen LogP contribution in [0, 0.1) is 5.92 Å². The second-order valence-electron chi connectivity index (χ2n) is 5.38. The van der Waals surface area contributed by atoms with E-state index in [0.29, 0.717) is 18.0 Å². The van der Waals surface area contributed by atoms with Gasteiger partial charge in [0.25, 0.3) is 5.91 Å². The van der Waals surface area contributed by atoms with E-state index in [9.17, 15) is 14.4 Å². The predicted molar refractivity (Wildman–Crippen MR) is 83.2 cm³/mol. The Labute approximate surface area is 134 Å². The van der Waals surface area contributed by atoms with Crippen molar-refractivity contribution in [3.63, 3.8) is 0 Å². The summed E-state index contributed by atoms with van der Waals surface area (Å²) in [7, 11) is 0. The summed E-state index contributed by atoms with van der Waals surface area (Å²) in [5.74, 6) is -0.919. The zero-order valence-corrected chi connectivity index (χ0v) is 12.9. The second kappa shape index (κ2) is 7.62. The molecule has 0 unspecified atom stereocenters. The molecule has 7 nitrogen and oxygen atoms in total. The number of aliphatic carboxylic acids is 1. The number of anilines is 1. The first-order chi connectivity index (χ1) is 11.0. The number of carboxylic acids is 1. The van der Waals surface area contributed by atoms with Crippen molar-refractivity contribution in [3.8, 4) is 5.75 Å². The van der Waals surface area contributed by atoms with E-state index in [0.717, 1.165) is 12.8 Å². The van der Waals surface area contributed by atoms with Gasteiger partial charge in [0.05, 0.1) is 0 Å². The Balaban J connectivity index is 1.88. The van der Waals surface area contributed by atoms with E-state index < -0.39 is 11.9 Å². The predicted octanol–water partition coefficient (Wildman–Crippen LogP) is 1.35. The monoisotopic (exact) mass is 320 g/mol. The summed E-state index contributed by atoms with van der Waals surface area (Å²) < 4.78 is 5.40. The van der Waals surface area contributed by atoms with Gasteiger partial charge >= 0.3 is 5.97 Å². The Hall–Kier alpha value is -2.57. The molecule has 23 heavy (non-hydrogen) atoms. The molecule has 0 aromatic heterocycles. The van der Waals surface area contributed by atoms with Gasteiger partial charge < -0.3 is 20.1 Å². The van der Waals surface area contributed by atoms with Crippen LogP contribution in [0.5, 0.6) is 5.75 Å². The van der Waals surface area contributed by atoms with Crippen LogP contribution in [-0.2, 0) is 14.4 Å². The Morgan fingerprint density at radius 2 is 2.09 bits per heavy atom. The summed E-state index contributed by atoms with van der Waals surface area (Å²) in [5.41, 5.74) is 0.615. The van der Waals surface area contributed by atoms with Gasteiger partial charge in [-0.05, 0) is 31.9 Å².